The summed E-state index contributed by atoms with van der Waals surface area (Å²) in [6, 6.07) is 10.6. The summed E-state index contributed by atoms with van der Waals surface area (Å²) in [6.45, 7) is 0. The molecule has 0 saturated heterocycles. The van der Waals surface area contributed by atoms with Gasteiger partial charge in [-0.25, -0.2) is 9.78 Å². The lowest BCUT2D eigenvalue weighted by Crippen LogP contribution is -1.99. The average Bonchev–Trinajstić information content (AvgIpc) is 2.68. The summed E-state index contributed by atoms with van der Waals surface area (Å²) >= 11 is 0. The molecule has 0 amide bonds. The number of carbonyl (C=O) groups is 1. The van der Waals surface area contributed by atoms with Gasteiger partial charge in [0.2, 0.25) is 0 Å². The smallest absolute Gasteiger partial charge is 0.335 e. The summed E-state index contributed by atoms with van der Waals surface area (Å²) in [6.07, 6.45) is 10.6. The molecule has 5 nitrogen and oxygen atoms in total. The number of aromatic nitrogens is 2. The molecule has 3 aromatic rings. The van der Waals surface area contributed by atoms with Crippen molar-refractivity contribution in [2.24, 2.45) is 0 Å². The van der Waals surface area contributed by atoms with Gasteiger partial charge >= 0.3 is 5.97 Å². The second-order valence-electron chi connectivity index (χ2n) is 6.43. The molecule has 1 aromatic carbocycles. The van der Waals surface area contributed by atoms with Gasteiger partial charge < -0.3 is 10.4 Å². The number of carboxylic acid groups (broad SMARTS) is 1. The van der Waals surface area contributed by atoms with Crippen molar-refractivity contribution in [3.8, 4) is 0 Å². The summed E-state index contributed by atoms with van der Waals surface area (Å²) in [5.41, 5.74) is 3.40. The molecule has 0 spiro atoms. The molecule has 4 rings (SSSR count). The van der Waals surface area contributed by atoms with Crippen molar-refractivity contribution >= 4 is 33.8 Å². The largest absolute Gasteiger partial charge is 0.478 e. The number of allylic oxidation sites excluding steroid dienone is 2. The van der Waals surface area contributed by atoms with Gasteiger partial charge in [0.25, 0.3) is 0 Å². The van der Waals surface area contributed by atoms with E-state index in [2.05, 4.69) is 21.4 Å². The third-order valence-corrected chi connectivity index (χ3v) is 4.65. The number of carboxylic acids is 1. The van der Waals surface area contributed by atoms with Crippen LogP contribution in [0, 0.1) is 0 Å². The van der Waals surface area contributed by atoms with Crippen molar-refractivity contribution in [3.05, 3.63) is 66.1 Å². The van der Waals surface area contributed by atoms with Crippen LogP contribution in [0.2, 0.25) is 0 Å². The van der Waals surface area contributed by atoms with Gasteiger partial charge in [-0.2, -0.15) is 0 Å². The first-order valence-electron chi connectivity index (χ1n) is 8.75. The number of fused-ring (bicyclic) bond motifs is 1. The van der Waals surface area contributed by atoms with E-state index in [1.54, 1.807) is 24.3 Å². The Hall–Kier alpha value is -3.21. The number of anilines is 2. The molecule has 0 aliphatic heterocycles. The summed E-state index contributed by atoms with van der Waals surface area (Å²) in [4.78, 5) is 20.1. The fourth-order valence-electron chi connectivity index (χ4n) is 3.29. The molecule has 0 radical (unpaired) electrons. The number of rotatable bonds is 4. The average molecular weight is 345 g/mol. The predicted molar refractivity (Wildman–Crippen MR) is 103 cm³/mol. The van der Waals surface area contributed by atoms with Gasteiger partial charge in [0.1, 0.15) is 5.82 Å². The van der Waals surface area contributed by atoms with Crippen LogP contribution in [0.25, 0.3) is 16.3 Å². The number of benzene rings is 1. The molecule has 0 bridgehead atoms. The molecule has 130 valence electrons. The second-order valence-corrected chi connectivity index (χ2v) is 6.43. The molecule has 5 heteroatoms. The first-order valence-corrected chi connectivity index (χ1v) is 8.75. The topological polar surface area (TPSA) is 75.1 Å². The molecule has 0 fully saturated rings. The van der Waals surface area contributed by atoms with Crippen molar-refractivity contribution in [1.29, 1.82) is 0 Å². The Morgan fingerprint density at radius 1 is 1.08 bits per heavy atom. The zero-order chi connectivity index (χ0) is 17.9. The van der Waals surface area contributed by atoms with Gasteiger partial charge in [0, 0.05) is 28.9 Å². The highest BCUT2D eigenvalue weighted by atomic mass is 16.4. The highest BCUT2D eigenvalue weighted by molar-refractivity contribution is 5.93. The van der Waals surface area contributed by atoms with Crippen LogP contribution in [0.15, 0.2) is 54.9 Å². The maximum absolute atomic E-state index is 11.0. The molecular weight excluding hydrogens is 326 g/mol. The van der Waals surface area contributed by atoms with Crippen molar-refractivity contribution in [2.45, 2.75) is 25.7 Å². The van der Waals surface area contributed by atoms with Crippen LogP contribution in [0.4, 0.5) is 11.5 Å². The summed E-state index contributed by atoms with van der Waals surface area (Å²) < 4.78 is 0. The molecular formula is C21H19N3O2. The monoisotopic (exact) mass is 345 g/mol. The van der Waals surface area contributed by atoms with Crippen LogP contribution in [0.1, 0.15) is 41.7 Å². The van der Waals surface area contributed by atoms with E-state index in [-0.39, 0.29) is 5.56 Å². The summed E-state index contributed by atoms with van der Waals surface area (Å²) in [7, 11) is 0. The highest BCUT2D eigenvalue weighted by Crippen LogP contribution is 2.31. The van der Waals surface area contributed by atoms with E-state index in [1.165, 1.54) is 18.4 Å². The van der Waals surface area contributed by atoms with Crippen LogP contribution in [-0.2, 0) is 0 Å². The fourth-order valence-corrected chi connectivity index (χ4v) is 3.29. The molecule has 0 atom stereocenters. The van der Waals surface area contributed by atoms with Crippen LogP contribution in [-0.4, -0.2) is 21.0 Å². The van der Waals surface area contributed by atoms with Crippen LogP contribution in [0.5, 0.6) is 0 Å². The minimum atomic E-state index is -0.933. The first-order chi connectivity index (χ1) is 12.7. The quantitative estimate of drug-likeness (QED) is 0.694. The third kappa shape index (κ3) is 3.28. The van der Waals surface area contributed by atoms with E-state index >= 15 is 0 Å². The molecule has 2 N–H and O–H groups in total. The zero-order valence-corrected chi connectivity index (χ0v) is 14.3. The lowest BCUT2D eigenvalue weighted by molar-refractivity contribution is 0.0697. The van der Waals surface area contributed by atoms with E-state index in [4.69, 9.17) is 5.11 Å². The van der Waals surface area contributed by atoms with Crippen molar-refractivity contribution < 1.29 is 9.90 Å². The normalized spacial score (nSPS) is 14.1. The highest BCUT2D eigenvalue weighted by Gasteiger charge is 2.12. The zero-order valence-electron chi connectivity index (χ0n) is 14.3. The maximum Gasteiger partial charge on any atom is 0.335 e. The number of pyridine rings is 2. The molecule has 26 heavy (non-hydrogen) atoms. The van der Waals surface area contributed by atoms with E-state index < -0.39 is 5.97 Å². The van der Waals surface area contributed by atoms with Crippen LogP contribution in [0.3, 0.4) is 0 Å². The third-order valence-electron chi connectivity index (χ3n) is 4.65. The molecule has 2 aromatic heterocycles. The van der Waals surface area contributed by atoms with Gasteiger partial charge in [-0.15, -0.1) is 0 Å². The Kier molecular flexibility index (Phi) is 4.35. The van der Waals surface area contributed by atoms with Crippen molar-refractivity contribution in [3.63, 3.8) is 0 Å². The molecule has 1 aliphatic carbocycles. The number of aromatic carboxylic acids is 1. The number of hydrogen-bond donors (Lipinski definition) is 2. The summed E-state index contributed by atoms with van der Waals surface area (Å²) in [5, 5.41) is 14.4. The molecule has 1 aliphatic rings. The second kappa shape index (κ2) is 6.96. The minimum Gasteiger partial charge on any atom is -0.478 e. The number of hydrogen-bond acceptors (Lipinski definition) is 4. The predicted octanol–water partition coefficient (Wildman–Crippen LogP) is 5.03. The summed E-state index contributed by atoms with van der Waals surface area (Å²) in [5.74, 6) is -0.219. The number of nitrogens with zero attached hydrogens (tertiary/aromatic N) is 2. The Labute approximate surface area is 151 Å². The maximum atomic E-state index is 11.0. The van der Waals surface area contributed by atoms with Crippen LogP contribution < -0.4 is 5.32 Å². The first kappa shape index (κ1) is 16.3. The Balaban J connectivity index is 1.68. The lowest BCUT2D eigenvalue weighted by Gasteiger charge is -2.14. The molecule has 0 saturated carbocycles. The number of nitrogens with one attached hydrogen (secondary N) is 1. The van der Waals surface area contributed by atoms with Crippen molar-refractivity contribution in [2.75, 3.05) is 5.32 Å². The minimum absolute atomic E-state index is 0.262. The van der Waals surface area contributed by atoms with Gasteiger partial charge in [0.05, 0.1) is 11.3 Å². The van der Waals surface area contributed by atoms with E-state index in [1.807, 2.05) is 24.5 Å². The van der Waals surface area contributed by atoms with Crippen molar-refractivity contribution in [1.82, 2.24) is 9.97 Å². The van der Waals surface area contributed by atoms with Gasteiger partial charge in [-0.1, -0.05) is 6.08 Å². The van der Waals surface area contributed by atoms with Crippen LogP contribution >= 0.6 is 0 Å². The Morgan fingerprint density at radius 2 is 1.92 bits per heavy atom. The molecule has 0 unspecified atom stereocenters. The SMILES string of the molecule is O=C(O)c1ccc(Nc2cc3c(C4=CCCCC4)nccc3cn2)cc1. The van der Waals surface area contributed by atoms with E-state index in [0.29, 0.717) is 5.82 Å². The molecule has 2 heterocycles. The fraction of sp³-hybridized carbons (Fsp3) is 0.190. The standard InChI is InChI=1S/C21H19N3O2/c25-21(26)15-6-8-17(9-7-15)24-19-12-18-16(13-23-19)10-11-22-20(18)14-4-2-1-3-5-14/h4,6-13H,1-3,5H2,(H,23,24)(H,25,26). The Morgan fingerprint density at radius 3 is 2.65 bits per heavy atom. The van der Waals surface area contributed by atoms with Gasteiger partial charge in [0.15, 0.2) is 0 Å². The lowest BCUT2D eigenvalue weighted by atomic mass is 9.94. The van der Waals surface area contributed by atoms with E-state index in [0.717, 1.165) is 35.0 Å². The van der Waals surface area contributed by atoms with Gasteiger partial charge in [-0.05, 0) is 67.7 Å². The van der Waals surface area contributed by atoms with E-state index in [9.17, 15) is 4.79 Å². The Bertz CT molecular complexity index is 994. The van der Waals surface area contributed by atoms with Gasteiger partial charge in [-0.3, -0.25) is 4.98 Å².